The molecule has 0 N–H and O–H groups in total. The summed E-state index contributed by atoms with van der Waals surface area (Å²) in [6, 6.07) is 54.1. The molecular weight excluding hydrogens is 543 g/mol. The zero-order chi connectivity index (χ0) is 28.3. The van der Waals surface area contributed by atoms with Crippen LogP contribution in [-0.4, -0.2) is 0 Å². The van der Waals surface area contributed by atoms with E-state index in [1.807, 2.05) is 11.3 Å². The molecule has 2 heterocycles. The van der Waals surface area contributed by atoms with Crippen LogP contribution in [0.4, 0.5) is 17.1 Å². The number of hydrogen-bond donors (Lipinski definition) is 0. The van der Waals surface area contributed by atoms with Gasteiger partial charge in [0.25, 0.3) is 0 Å². The van der Waals surface area contributed by atoms with Crippen molar-refractivity contribution in [2.24, 2.45) is 0 Å². The number of nitrogens with zero attached hydrogens (tertiary/aromatic N) is 1. The number of rotatable bonds is 4. The standard InChI is InChI=1S/C40H25NOS/c1-3-9-26(10-4-1)27-15-18-30(19-16-27)41(29-12-5-2-6-13-29)31-20-21-33-37(25-31)43-36-24-22-34-38-32-14-8-7-11-28(32)17-23-35(38)42-40(34)39(33)36/h1-25H. The Hall–Kier alpha value is -5.38. The van der Waals surface area contributed by atoms with Crippen molar-refractivity contribution in [3.8, 4) is 11.1 Å². The van der Waals surface area contributed by atoms with Crippen LogP contribution in [0.1, 0.15) is 0 Å². The lowest BCUT2D eigenvalue weighted by Crippen LogP contribution is -2.09. The molecule has 0 saturated carbocycles. The fourth-order valence-electron chi connectivity index (χ4n) is 6.45. The summed E-state index contributed by atoms with van der Waals surface area (Å²) in [5.41, 5.74) is 7.71. The van der Waals surface area contributed by atoms with Gasteiger partial charge in [0.1, 0.15) is 11.2 Å². The molecule has 0 amide bonds. The summed E-state index contributed by atoms with van der Waals surface area (Å²) >= 11 is 1.83. The van der Waals surface area contributed by atoms with Crippen LogP contribution >= 0.6 is 11.3 Å². The van der Waals surface area contributed by atoms with Crippen molar-refractivity contribution in [3.63, 3.8) is 0 Å². The third-order valence-corrected chi connectivity index (χ3v) is 9.57. The van der Waals surface area contributed by atoms with Crippen molar-refractivity contribution in [2.75, 3.05) is 4.90 Å². The third-order valence-electron chi connectivity index (χ3n) is 8.45. The Bertz CT molecular complexity index is 2440. The van der Waals surface area contributed by atoms with E-state index in [1.54, 1.807) is 0 Å². The molecule has 2 nitrogen and oxygen atoms in total. The van der Waals surface area contributed by atoms with Gasteiger partial charge in [-0.05, 0) is 76.5 Å². The summed E-state index contributed by atoms with van der Waals surface area (Å²) in [4.78, 5) is 2.33. The first-order chi connectivity index (χ1) is 21.3. The van der Waals surface area contributed by atoms with Crippen LogP contribution in [0.15, 0.2) is 156 Å². The molecule has 0 spiro atoms. The monoisotopic (exact) mass is 567 g/mol. The van der Waals surface area contributed by atoms with E-state index in [-0.39, 0.29) is 0 Å². The lowest BCUT2D eigenvalue weighted by molar-refractivity contribution is 0.673. The number of thiophene rings is 1. The van der Waals surface area contributed by atoms with E-state index in [0.717, 1.165) is 28.2 Å². The molecular formula is C40H25NOS. The van der Waals surface area contributed by atoms with Crippen LogP contribution in [-0.2, 0) is 0 Å². The van der Waals surface area contributed by atoms with Crippen LogP contribution in [0.3, 0.4) is 0 Å². The van der Waals surface area contributed by atoms with E-state index in [1.165, 1.54) is 52.8 Å². The molecule has 0 fully saturated rings. The smallest absolute Gasteiger partial charge is 0.144 e. The topological polar surface area (TPSA) is 16.4 Å². The van der Waals surface area contributed by atoms with Gasteiger partial charge in [-0.3, -0.25) is 0 Å². The van der Waals surface area contributed by atoms with Crippen molar-refractivity contribution in [3.05, 3.63) is 152 Å². The van der Waals surface area contributed by atoms with E-state index in [9.17, 15) is 0 Å². The number of hydrogen-bond acceptors (Lipinski definition) is 3. The molecule has 0 aliphatic heterocycles. The molecule has 7 aromatic carbocycles. The largest absolute Gasteiger partial charge is 0.455 e. The Morgan fingerprint density at radius 2 is 1.12 bits per heavy atom. The van der Waals surface area contributed by atoms with Crippen molar-refractivity contribution < 1.29 is 4.42 Å². The van der Waals surface area contributed by atoms with E-state index in [4.69, 9.17) is 4.42 Å². The number of benzene rings is 7. The minimum Gasteiger partial charge on any atom is -0.455 e. The molecule has 0 saturated heterocycles. The quantitative estimate of drug-likeness (QED) is 0.210. The molecule has 2 aromatic heterocycles. The first-order valence-corrected chi connectivity index (χ1v) is 15.3. The average Bonchev–Trinajstić information content (AvgIpc) is 3.64. The Labute approximate surface area is 252 Å². The van der Waals surface area contributed by atoms with Gasteiger partial charge in [0, 0.05) is 48.0 Å². The second kappa shape index (κ2) is 9.59. The summed E-state index contributed by atoms with van der Waals surface area (Å²) in [6.07, 6.45) is 0. The fraction of sp³-hybridized carbons (Fsp3) is 0. The number of para-hydroxylation sites is 1. The summed E-state index contributed by atoms with van der Waals surface area (Å²) in [7, 11) is 0. The average molecular weight is 568 g/mol. The molecule has 9 rings (SSSR count). The maximum atomic E-state index is 6.60. The van der Waals surface area contributed by atoms with Gasteiger partial charge in [-0.2, -0.15) is 0 Å². The van der Waals surface area contributed by atoms with Gasteiger partial charge in [0.15, 0.2) is 0 Å². The van der Waals surface area contributed by atoms with Crippen LogP contribution < -0.4 is 4.90 Å². The van der Waals surface area contributed by atoms with Gasteiger partial charge in [0.2, 0.25) is 0 Å². The lowest BCUT2D eigenvalue weighted by atomic mass is 10.0. The Morgan fingerprint density at radius 3 is 1.95 bits per heavy atom. The number of furan rings is 1. The third kappa shape index (κ3) is 3.86. The summed E-state index contributed by atoms with van der Waals surface area (Å²) in [5.74, 6) is 0. The maximum absolute atomic E-state index is 6.60. The van der Waals surface area contributed by atoms with Gasteiger partial charge in [-0.1, -0.05) is 97.1 Å². The predicted molar refractivity (Wildman–Crippen MR) is 184 cm³/mol. The molecule has 0 atom stereocenters. The Balaban J connectivity index is 1.22. The molecule has 9 aromatic rings. The minimum atomic E-state index is 0.936. The molecule has 3 heteroatoms. The van der Waals surface area contributed by atoms with Crippen LogP contribution in [0.2, 0.25) is 0 Å². The van der Waals surface area contributed by atoms with E-state index in [0.29, 0.717) is 0 Å². The molecule has 0 radical (unpaired) electrons. The van der Waals surface area contributed by atoms with Crippen LogP contribution in [0.5, 0.6) is 0 Å². The Kier molecular flexibility index (Phi) is 5.40. The summed E-state index contributed by atoms with van der Waals surface area (Å²) in [5, 5.41) is 7.26. The highest BCUT2D eigenvalue weighted by Crippen LogP contribution is 2.45. The predicted octanol–water partition coefficient (Wildman–Crippen LogP) is 12.2. The molecule has 43 heavy (non-hydrogen) atoms. The van der Waals surface area contributed by atoms with Gasteiger partial charge < -0.3 is 9.32 Å². The minimum absolute atomic E-state index is 0.936. The van der Waals surface area contributed by atoms with Crippen molar-refractivity contribution in [2.45, 2.75) is 0 Å². The zero-order valence-electron chi connectivity index (χ0n) is 23.2. The lowest BCUT2D eigenvalue weighted by Gasteiger charge is -2.25. The second-order valence-corrected chi connectivity index (χ2v) is 12.0. The van der Waals surface area contributed by atoms with E-state index in [2.05, 4.69) is 157 Å². The highest BCUT2D eigenvalue weighted by Gasteiger charge is 2.19. The highest BCUT2D eigenvalue weighted by molar-refractivity contribution is 7.26. The van der Waals surface area contributed by atoms with Crippen LogP contribution in [0.25, 0.3) is 64.0 Å². The SMILES string of the molecule is c1ccc(-c2ccc(N(c3ccccc3)c3ccc4c(c3)sc3ccc5c(oc6ccc7ccccc7c65)c34)cc2)cc1. The fourth-order valence-corrected chi connectivity index (χ4v) is 7.59. The molecule has 0 unspecified atom stereocenters. The highest BCUT2D eigenvalue weighted by atomic mass is 32.1. The van der Waals surface area contributed by atoms with Crippen molar-refractivity contribution >= 4 is 81.3 Å². The van der Waals surface area contributed by atoms with Crippen LogP contribution in [0, 0.1) is 0 Å². The van der Waals surface area contributed by atoms with E-state index < -0.39 is 0 Å². The van der Waals surface area contributed by atoms with E-state index >= 15 is 0 Å². The molecule has 0 aliphatic carbocycles. The van der Waals surface area contributed by atoms with Crippen molar-refractivity contribution in [1.29, 1.82) is 0 Å². The number of fused-ring (bicyclic) bond motifs is 9. The molecule has 0 bridgehead atoms. The maximum Gasteiger partial charge on any atom is 0.144 e. The normalized spacial score (nSPS) is 11.7. The van der Waals surface area contributed by atoms with Gasteiger partial charge in [-0.25, -0.2) is 0 Å². The van der Waals surface area contributed by atoms with Gasteiger partial charge in [-0.15, -0.1) is 11.3 Å². The first kappa shape index (κ1) is 24.2. The number of anilines is 3. The zero-order valence-corrected chi connectivity index (χ0v) is 24.0. The Morgan fingerprint density at radius 1 is 0.442 bits per heavy atom. The van der Waals surface area contributed by atoms with Gasteiger partial charge in [0.05, 0.1) is 0 Å². The molecule has 0 aliphatic rings. The first-order valence-electron chi connectivity index (χ1n) is 14.5. The second-order valence-electron chi connectivity index (χ2n) is 10.9. The summed E-state index contributed by atoms with van der Waals surface area (Å²) in [6.45, 7) is 0. The van der Waals surface area contributed by atoms with Crippen molar-refractivity contribution in [1.82, 2.24) is 0 Å². The van der Waals surface area contributed by atoms with Gasteiger partial charge >= 0.3 is 0 Å². The molecule has 202 valence electrons. The summed E-state index contributed by atoms with van der Waals surface area (Å²) < 4.78 is 9.08.